The average Bonchev–Trinajstić information content (AvgIpc) is 2.32. The molecule has 0 fully saturated rings. The van der Waals surface area contributed by atoms with Crippen molar-refractivity contribution in [3.8, 4) is 11.5 Å². The van der Waals surface area contributed by atoms with E-state index in [1.54, 1.807) is 30.3 Å². The van der Waals surface area contributed by atoms with Gasteiger partial charge in [-0.05, 0) is 52.3 Å². The van der Waals surface area contributed by atoms with Crippen molar-refractivity contribution < 1.29 is 13.2 Å². The summed E-state index contributed by atoms with van der Waals surface area (Å²) in [4.78, 5) is 0.219. The SMILES string of the molecule is CS(=O)(=O)c1cccc(Oc2ccc(N)cc2Br)c1. The molecule has 19 heavy (non-hydrogen) atoms. The first-order chi connectivity index (χ1) is 8.86. The summed E-state index contributed by atoms with van der Waals surface area (Å²) in [5.41, 5.74) is 6.25. The molecule has 0 heterocycles. The minimum Gasteiger partial charge on any atom is -0.456 e. The first-order valence-corrected chi connectivity index (χ1v) is 8.08. The van der Waals surface area contributed by atoms with E-state index in [4.69, 9.17) is 10.5 Å². The molecular weight excluding hydrogens is 330 g/mol. The Morgan fingerprint density at radius 3 is 2.53 bits per heavy atom. The zero-order chi connectivity index (χ0) is 14.0. The van der Waals surface area contributed by atoms with Crippen LogP contribution in [-0.4, -0.2) is 14.7 Å². The fraction of sp³-hybridized carbons (Fsp3) is 0.0769. The minimum absolute atomic E-state index is 0.219. The highest BCUT2D eigenvalue weighted by Crippen LogP contribution is 2.31. The monoisotopic (exact) mass is 341 g/mol. The van der Waals surface area contributed by atoms with Crippen molar-refractivity contribution in [2.75, 3.05) is 12.0 Å². The van der Waals surface area contributed by atoms with E-state index in [9.17, 15) is 8.42 Å². The summed E-state index contributed by atoms with van der Waals surface area (Å²) in [7, 11) is -3.25. The molecule has 4 nitrogen and oxygen atoms in total. The van der Waals surface area contributed by atoms with Gasteiger partial charge in [0.1, 0.15) is 11.5 Å². The lowest BCUT2D eigenvalue weighted by atomic mass is 10.3. The number of hydrogen-bond donors (Lipinski definition) is 1. The molecule has 0 radical (unpaired) electrons. The van der Waals surface area contributed by atoms with Gasteiger partial charge in [-0.15, -0.1) is 0 Å². The zero-order valence-electron chi connectivity index (χ0n) is 10.1. The van der Waals surface area contributed by atoms with Gasteiger partial charge in [0.15, 0.2) is 9.84 Å². The Labute approximate surface area is 120 Å². The van der Waals surface area contributed by atoms with Gasteiger partial charge in [0.2, 0.25) is 0 Å². The number of nitrogen functional groups attached to an aromatic ring is 1. The van der Waals surface area contributed by atoms with Gasteiger partial charge in [-0.3, -0.25) is 0 Å². The van der Waals surface area contributed by atoms with Crippen LogP contribution in [0.2, 0.25) is 0 Å². The lowest BCUT2D eigenvalue weighted by Crippen LogP contribution is -1.97. The van der Waals surface area contributed by atoms with Gasteiger partial charge in [0.05, 0.1) is 9.37 Å². The summed E-state index contributed by atoms with van der Waals surface area (Å²) in [6.07, 6.45) is 1.16. The highest BCUT2D eigenvalue weighted by Gasteiger charge is 2.09. The van der Waals surface area contributed by atoms with E-state index in [2.05, 4.69) is 15.9 Å². The van der Waals surface area contributed by atoms with Crippen LogP contribution in [0.5, 0.6) is 11.5 Å². The molecular formula is C13H12BrNO3S. The van der Waals surface area contributed by atoms with E-state index in [1.807, 2.05) is 0 Å². The number of anilines is 1. The molecule has 0 aliphatic rings. The Kier molecular flexibility index (Phi) is 3.82. The van der Waals surface area contributed by atoms with Crippen LogP contribution in [0.15, 0.2) is 51.8 Å². The van der Waals surface area contributed by atoms with Gasteiger partial charge in [-0.25, -0.2) is 8.42 Å². The summed E-state index contributed by atoms with van der Waals surface area (Å²) < 4.78 is 29.3. The summed E-state index contributed by atoms with van der Waals surface area (Å²) in [5.74, 6) is 1.02. The molecule has 100 valence electrons. The van der Waals surface area contributed by atoms with Crippen LogP contribution in [0.4, 0.5) is 5.69 Å². The van der Waals surface area contributed by atoms with Gasteiger partial charge >= 0.3 is 0 Å². The topological polar surface area (TPSA) is 69.4 Å². The van der Waals surface area contributed by atoms with E-state index in [0.717, 1.165) is 6.26 Å². The van der Waals surface area contributed by atoms with Gasteiger partial charge in [-0.1, -0.05) is 6.07 Å². The second-order valence-electron chi connectivity index (χ2n) is 4.04. The maximum Gasteiger partial charge on any atom is 0.175 e. The third kappa shape index (κ3) is 3.48. The van der Waals surface area contributed by atoms with Crippen LogP contribution in [-0.2, 0) is 9.84 Å². The predicted molar refractivity (Wildman–Crippen MR) is 78.2 cm³/mol. The van der Waals surface area contributed by atoms with Crippen molar-refractivity contribution in [2.24, 2.45) is 0 Å². The van der Waals surface area contributed by atoms with Gasteiger partial charge < -0.3 is 10.5 Å². The number of ether oxygens (including phenoxy) is 1. The van der Waals surface area contributed by atoms with E-state index in [0.29, 0.717) is 21.7 Å². The van der Waals surface area contributed by atoms with Crippen LogP contribution in [0.25, 0.3) is 0 Å². The van der Waals surface area contributed by atoms with Crippen LogP contribution in [0, 0.1) is 0 Å². The molecule has 0 aromatic heterocycles. The molecule has 0 aliphatic heterocycles. The third-order valence-electron chi connectivity index (χ3n) is 2.42. The van der Waals surface area contributed by atoms with E-state index in [-0.39, 0.29) is 4.90 Å². The van der Waals surface area contributed by atoms with Gasteiger partial charge in [-0.2, -0.15) is 0 Å². The Balaban J connectivity index is 2.34. The number of halogens is 1. The Bertz CT molecular complexity index is 714. The number of nitrogens with two attached hydrogens (primary N) is 1. The average molecular weight is 342 g/mol. The Morgan fingerprint density at radius 2 is 1.89 bits per heavy atom. The summed E-state index contributed by atoms with van der Waals surface area (Å²) >= 11 is 3.34. The summed E-state index contributed by atoms with van der Waals surface area (Å²) in [6.45, 7) is 0. The molecule has 0 aliphatic carbocycles. The molecule has 0 amide bonds. The molecule has 2 aromatic carbocycles. The number of sulfone groups is 1. The highest BCUT2D eigenvalue weighted by atomic mass is 79.9. The minimum atomic E-state index is -3.25. The molecule has 6 heteroatoms. The summed E-state index contributed by atoms with van der Waals surface area (Å²) in [6, 6.07) is 11.5. The van der Waals surface area contributed by atoms with Crippen molar-refractivity contribution in [3.63, 3.8) is 0 Å². The number of benzene rings is 2. The second kappa shape index (κ2) is 5.22. The zero-order valence-corrected chi connectivity index (χ0v) is 12.5. The Morgan fingerprint density at radius 1 is 1.16 bits per heavy atom. The number of rotatable bonds is 3. The number of hydrogen-bond acceptors (Lipinski definition) is 4. The smallest absolute Gasteiger partial charge is 0.175 e. The fourth-order valence-corrected chi connectivity index (χ4v) is 2.63. The molecule has 0 atom stereocenters. The first-order valence-electron chi connectivity index (χ1n) is 5.39. The van der Waals surface area contributed by atoms with E-state index < -0.39 is 9.84 Å². The largest absolute Gasteiger partial charge is 0.456 e. The Hall–Kier alpha value is -1.53. The third-order valence-corrected chi connectivity index (χ3v) is 4.15. The molecule has 0 spiro atoms. The second-order valence-corrected chi connectivity index (χ2v) is 6.91. The van der Waals surface area contributed by atoms with Gasteiger partial charge in [0.25, 0.3) is 0 Å². The molecule has 0 unspecified atom stereocenters. The fourth-order valence-electron chi connectivity index (χ4n) is 1.50. The lowest BCUT2D eigenvalue weighted by molar-refractivity contribution is 0.478. The highest BCUT2D eigenvalue weighted by molar-refractivity contribution is 9.10. The standard InChI is InChI=1S/C13H12BrNO3S/c1-19(16,17)11-4-2-3-10(8-11)18-13-6-5-9(15)7-12(13)14/h2-8H,15H2,1H3. The van der Waals surface area contributed by atoms with Crippen molar-refractivity contribution in [3.05, 3.63) is 46.9 Å². The maximum absolute atomic E-state index is 11.5. The van der Waals surface area contributed by atoms with Crippen molar-refractivity contribution in [1.29, 1.82) is 0 Å². The van der Waals surface area contributed by atoms with Crippen LogP contribution in [0.3, 0.4) is 0 Å². The molecule has 0 saturated carbocycles. The quantitative estimate of drug-likeness (QED) is 0.870. The molecule has 0 saturated heterocycles. The van der Waals surface area contributed by atoms with Crippen molar-refractivity contribution in [2.45, 2.75) is 4.90 Å². The maximum atomic E-state index is 11.5. The van der Waals surface area contributed by atoms with Crippen LogP contribution >= 0.6 is 15.9 Å². The lowest BCUT2D eigenvalue weighted by Gasteiger charge is -2.09. The predicted octanol–water partition coefficient (Wildman–Crippen LogP) is 3.23. The van der Waals surface area contributed by atoms with Gasteiger partial charge in [0, 0.05) is 11.9 Å². The first kappa shape index (κ1) is 13.9. The van der Waals surface area contributed by atoms with E-state index >= 15 is 0 Å². The molecule has 2 rings (SSSR count). The van der Waals surface area contributed by atoms with Crippen LogP contribution < -0.4 is 10.5 Å². The van der Waals surface area contributed by atoms with Crippen LogP contribution in [0.1, 0.15) is 0 Å². The normalized spacial score (nSPS) is 11.3. The van der Waals surface area contributed by atoms with Crippen molar-refractivity contribution >= 4 is 31.5 Å². The van der Waals surface area contributed by atoms with Crippen molar-refractivity contribution in [1.82, 2.24) is 0 Å². The summed E-state index contributed by atoms with van der Waals surface area (Å²) in [5, 5.41) is 0. The molecule has 0 bridgehead atoms. The molecule has 2 aromatic rings. The van der Waals surface area contributed by atoms with E-state index in [1.165, 1.54) is 12.1 Å². The molecule has 2 N–H and O–H groups in total.